The zero-order valence-corrected chi connectivity index (χ0v) is 11.5. The van der Waals surface area contributed by atoms with Gasteiger partial charge in [0.1, 0.15) is 0 Å². The van der Waals surface area contributed by atoms with Crippen molar-refractivity contribution in [2.75, 3.05) is 19.3 Å². The molecule has 1 atom stereocenters. The van der Waals surface area contributed by atoms with Gasteiger partial charge in [-0.25, -0.2) is 13.1 Å². The first-order valence-electron chi connectivity index (χ1n) is 6.04. The molecular formula is C11H19N3O3S. The highest BCUT2D eigenvalue weighted by Gasteiger charge is 2.23. The maximum atomic E-state index is 11.2. The van der Waals surface area contributed by atoms with Crippen molar-refractivity contribution < 1.29 is 12.9 Å². The minimum atomic E-state index is -3.13. The van der Waals surface area contributed by atoms with Crippen LogP contribution in [0.5, 0.6) is 0 Å². The van der Waals surface area contributed by atoms with E-state index in [9.17, 15) is 8.42 Å². The molecule has 0 aromatic carbocycles. The van der Waals surface area contributed by atoms with Gasteiger partial charge in [0, 0.05) is 18.7 Å². The number of likely N-dealkylation sites (tertiary alicyclic amines) is 1. The second-order valence-electron chi connectivity index (χ2n) is 4.90. The Morgan fingerprint density at radius 3 is 3.00 bits per heavy atom. The fraction of sp³-hybridized carbons (Fsp3) is 0.727. The van der Waals surface area contributed by atoms with E-state index in [1.54, 1.807) is 0 Å². The minimum absolute atomic E-state index is 0.00207. The third-order valence-electron chi connectivity index (χ3n) is 2.94. The molecule has 0 bridgehead atoms. The average Bonchev–Trinajstić information content (AvgIpc) is 2.62. The van der Waals surface area contributed by atoms with Crippen molar-refractivity contribution >= 4 is 10.0 Å². The molecule has 0 amide bonds. The smallest absolute Gasteiger partial charge is 0.208 e. The summed E-state index contributed by atoms with van der Waals surface area (Å²) in [6, 6.07) is 1.91. The molecule has 1 N–H and O–H groups in total. The van der Waals surface area contributed by atoms with Crippen molar-refractivity contribution in [1.29, 1.82) is 0 Å². The fourth-order valence-electron chi connectivity index (χ4n) is 2.31. The van der Waals surface area contributed by atoms with E-state index in [-0.39, 0.29) is 6.04 Å². The van der Waals surface area contributed by atoms with Crippen LogP contribution in [0.2, 0.25) is 0 Å². The van der Waals surface area contributed by atoms with Crippen LogP contribution in [-0.2, 0) is 16.6 Å². The Balaban J connectivity index is 1.90. The van der Waals surface area contributed by atoms with Crippen LogP contribution in [-0.4, -0.2) is 43.9 Å². The van der Waals surface area contributed by atoms with E-state index in [1.165, 1.54) is 6.26 Å². The summed E-state index contributed by atoms with van der Waals surface area (Å²) < 4.78 is 30.3. The molecule has 2 heterocycles. The molecule has 0 spiro atoms. The van der Waals surface area contributed by atoms with E-state index < -0.39 is 10.0 Å². The number of hydrogen-bond donors (Lipinski definition) is 1. The third-order valence-corrected chi connectivity index (χ3v) is 3.70. The number of rotatable bonds is 4. The summed E-state index contributed by atoms with van der Waals surface area (Å²) in [5.41, 5.74) is 0.868. The summed E-state index contributed by atoms with van der Waals surface area (Å²) in [5.74, 6) is 0.826. The van der Waals surface area contributed by atoms with Gasteiger partial charge in [-0.1, -0.05) is 5.16 Å². The zero-order valence-electron chi connectivity index (χ0n) is 10.7. The van der Waals surface area contributed by atoms with Crippen LogP contribution in [0.4, 0.5) is 0 Å². The molecule has 2 rings (SSSR count). The van der Waals surface area contributed by atoms with Gasteiger partial charge >= 0.3 is 0 Å². The molecule has 0 saturated carbocycles. The topological polar surface area (TPSA) is 75.4 Å². The zero-order chi connectivity index (χ0) is 13.2. The lowest BCUT2D eigenvalue weighted by molar-refractivity contribution is 0.176. The van der Waals surface area contributed by atoms with Crippen molar-refractivity contribution in [1.82, 2.24) is 14.8 Å². The van der Waals surface area contributed by atoms with E-state index >= 15 is 0 Å². The highest BCUT2D eigenvalue weighted by atomic mass is 32.2. The molecule has 6 nitrogen and oxygen atoms in total. The van der Waals surface area contributed by atoms with Crippen molar-refractivity contribution in [2.24, 2.45) is 0 Å². The summed E-state index contributed by atoms with van der Waals surface area (Å²) in [4.78, 5) is 2.19. The summed E-state index contributed by atoms with van der Waals surface area (Å²) in [6.07, 6.45) is 3.07. The van der Waals surface area contributed by atoms with Crippen molar-refractivity contribution in [2.45, 2.75) is 32.4 Å². The van der Waals surface area contributed by atoms with Gasteiger partial charge in [-0.3, -0.25) is 4.90 Å². The number of aryl methyl sites for hydroxylation is 1. The summed E-state index contributed by atoms with van der Waals surface area (Å²) in [7, 11) is -3.13. The Morgan fingerprint density at radius 2 is 2.39 bits per heavy atom. The Morgan fingerprint density at radius 1 is 1.61 bits per heavy atom. The lowest BCUT2D eigenvalue weighted by Gasteiger charge is -2.31. The molecule has 1 fully saturated rings. The molecule has 1 saturated heterocycles. The molecule has 1 aromatic heterocycles. The number of hydrogen-bond acceptors (Lipinski definition) is 5. The molecule has 0 radical (unpaired) electrons. The maximum absolute atomic E-state index is 11.2. The van der Waals surface area contributed by atoms with E-state index in [1.807, 2.05) is 13.0 Å². The Kier molecular flexibility index (Phi) is 4.04. The molecule has 1 aromatic rings. The highest BCUT2D eigenvalue weighted by molar-refractivity contribution is 7.88. The quantitative estimate of drug-likeness (QED) is 0.864. The SMILES string of the molecule is Cc1cc(CN2CCCC(NS(C)(=O)=O)C2)on1. The minimum Gasteiger partial charge on any atom is -0.360 e. The summed E-state index contributed by atoms with van der Waals surface area (Å²) >= 11 is 0. The second kappa shape index (κ2) is 5.38. The van der Waals surface area contributed by atoms with Gasteiger partial charge in [0.05, 0.1) is 18.5 Å². The molecule has 1 aliphatic heterocycles. The van der Waals surface area contributed by atoms with Crippen LogP contribution < -0.4 is 4.72 Å². The van der Waals surface area contributed by atoms with E-state index in [0.717, 1.165) is 30.8 Å². The van der Waals surface area contributed by atoms with Gasteiger partial charge in [0.2, 0.25) is 10.0 Å². The normalized spacial score (nSPS) is 22.2. The maximum Gasteiger partial charge on any atom is 0.208 e. The number of aromatic nitrogens is 1. The second-order valence-corrected chi connectivity index (χ2v) is 6.68. The van der Waals surface area contributed by atoms with Gasteiger partial charge in [-0.2, -0.15) is 0 Å². The van der Waals surface area contributed by atoms with Crippen molar-refractivity contribution in [3.63, 3.8) is 0 Å². The van der Waals surface area contributed by atoms with Gasteiger partial charge in [-0.05, 0) is 26.3 Å². The van der Waals surface area contributed by atoms with Crippen LogP contribution in [0.3, 0.4) is 0 Å². The Labute approximate surface area is 107 Å². The summed E-state index contributed by atoms with van der Waals surface area (Å²) in [5, 5.41) is 3.85. The third kappa shape index (κ3) is 4.08. The van der Waals surface area contributed by atoms with Gasteiger partial charge in [-0.15, -0.1) is 0 Å². The molecule has 0 aliphatic carbocycles. The molecule has 1 aliphatic rings. The van der Waals surface area contributed by atoms with Gasteiger partial charge in [0.15, 0.2) is 5.76 Å². The standard InChI is InChI=1S/C11H19N3O3S/c1-9-6-11(17-12-9)8-14-5-3-4-10(7-14)13-18(2,15)16/h6,10,13H,3-5,7-8H2,1-2H3. The monoisotopic (exact) mass is 273 g/mol. The fourth-order valence-corrected chi connectivity index (χ4v) is 3.11. The highest BCUT2D eigenvalue weighted by Crippen LogP contribution is 2.14. The first-order chi connectivity index (χ1) is 8.42. The molecule has 1 unspecified atom stereocenters. The average molecular weight is 273 g/mol. The van der Waals surface area contributed by atoms with E-state index in [0.29, 0.717) is 13.1 Å². The molecule has 102 valence electrons. The first-order valence-corrected chi connectivity index (χ1v) is 7.93. The lowest BCUT2D eigenvalue weighted by Crippen LogP contribution is -2.46. The number of sulfonamides is 1. The number of nitrogens with one attached hydrogen (secondary N) is 1. The van der Waals surface area contributed by atoms with Crippen LogP contribution in [0, 0.1) is 6.92 Å². The van der Waals surface area contributed by atoms with Gasteiger partial charge < -0.3 is 4.52 Å². The Bertz CT molecular complexity index is 497. The predicted molar refractivity (Wildman–Crippen MR) is 67.5 cm³/mol. The molecular weight excluding hydrogens is 254 g/mol. The summed E-state index contributed by atoms with van der Waals surface area (Å²) in [6.45, 7) is 4.24. The lowest BCUT2D eigenvalue weighted by atomic mass is 10.1. The van der Waals surface area contributed by atoms with Gasteiger partial charge in [0.25, 0.3) is 0 Å². The number of piperidine rings is 1. The van der Waals surface area contributed by atoms with E-state index in [4.69, 9.17) is 4.52 Å². The largest absolute Gasteiger partial charge is 0.360 e. The predicted octanol–water partition coefficient (Wildman–Crippen LogP) is 0.497. The van der Waals surface area contributed by atoms with E-state index in [2.05, 4.69) is 14.8 Å². The van der Waals surface area contributed by atoms with Crippen molar-refractivity contribution in [3.05, 3.63) is 17.5 Å². The Hall–Kier alpha value is -0.920. The molecule has 7 heteroatoms. The van der Waals surface area contributed by atoms with Crippen molar-refractivity contribution in [3.8, 4) is 0 Å². The first kappa shape index (κ1) is 13.5. The number of nitrogens with zero attached hydrogens (tertiary/aromatic N) is 2. The molecule has 18 heavy (non-hydrogen) atoms. The van der Waals surface area contributed by atoms with Crippen LogP contribution in [0.1, 0.15) is 24.3 Å². The van der Waals surface area contributed by atoms with Crippen LogP contribution in [0.15, 0.2) is 10.6 Å². The van der Waals surface area contributed by atoms with Crippen LogP contribution in [0.25, 0.3) is 0 Å². The van der Waals surface area contributed by atoms with Crippen LogP contribution >= 0.6 is 0 Å².